The molecular weight excluding hydrogens is 261 g/mol. The van der Waals surface area contributed by atoms with Gasteiger partial charge in [0.25, 0.3) is 0 Å². The van der Waals surface area contributed by atoms with Gasteiger partial charge in [0, 0.05) is 18.7 Å². The molecule has 0 unspecified atom stereocenters. The van der Waals surface area contributed by atoms with Crippen molar-refractivity contribution in [1.29, 1.82) is 0 Å². The second kappa shape index (κ2) is 5.38. The van der Waals surface area contributed by atoms with Crippen molar-refractivity contribution in [3.63, 3.8) is 0 Å². The van der Waals surface area contributed by atoms with Crippen molar-refractivity contribution in [3.8, 4) is 23.0 Å². The van der Waals surface area contributed by atoms with Gasteiger partial charge in [0.2, 0.25) is 6.79 Å². The summed E-state index contributed by atoms with van der Waals surface area (Å²) in [5.74, 6) is 2.03. The number of halogens is 1. The van der Waals surface area contributed by atoms with E-state index in [1.165, 1.54) is 12.1 Å². The molecule has 3 rings (SSSR count). The summed E-state index contributed by atoms with van der Waals surface area (Å²) in [6.07, 6.45) is 0. The Morgan fingerprint density at radius 2 is 1.95 bits per heavy atom. The van der Waals surface area contributed by atoms with Crippen LogP contribution < -0.4 is 19.5 Å². The number of hydrogen-bond acceptors (Lipinski definition) is 4. The van der Waals surface area contributed by atoms with Gasteiger partial charge >= 0.3 is 0 Å². The van der Waals surface area contributed by atoms with Crippen molar-refractivity contribution < 1.29 is 18.6 Å². The largest absolute Gasteiger partial charge is 0.457 e. The molecule has 0 amide bonds. The summed E-state index contributed by atoms with van der Waals surface area (Å²) in [7, 11) is 1.81. The SMILES string of the molecule is CNCc1cc(F)cc(Oc2ccc3c(c2)OCO3)c1. The topological polar surface area (TPSA) is 39.7 Å². The zero-order valence-electron chi connectivity index (χ0n) is 11.0. The lowest BCUT2D eigenvalue weighted by molar-refractivity contribution is 0.174. The monoisotopic (exact) mass is 275 g/mol. The Hall–Kier alpha value is -2.27. The molecule has 0 radical (unpaired) electrons. The summed E-state index contributed by atoms with van der Waals surface area (Å²) in [5.41, 5.74) is 0.822. The Balaban J connectivity index is 1.83. The van der Waals surface area contributed by atoms with E-state index in [-0.39, 0.29) is 12.6 Å². The average molecular weight is 275 g/mol. The third kappa shape index (κ3) is 2.67. The Bertz CT molecular complexity index is 631. The van der Waals surface area contributed by atoms with Crippen LogP contribution in [0.15, 0.2) is 36.4 Å². The molecular formula is C15H14FNO3. The van der Waals surface area contributed by atoms with Crippen LogP contribution in [0.5, 0.6) is 23.0 Å². The quantitative estimate of drug-likeness (QED) is 0.931. The highest BCUT2D eigenvalue weighted by Crippen LogP contribution is 2.36. The maximum absolute atomic E-state index is 13.5. The molecule has 0 bridgehead atoms. The van der Waals surface area contributed by atoms with Crippen LogP contribution in [0, 0.1) is 5.82 Å². The van der Waals surface area contributed by atoms with Crippen LogP contribution in [0.1, 0.15) is 5.56 Å². The summed E-state index contributed by atoms with van der Waals surface area (Å²) >= 11 is 0. The molecule has 0 saturated carbocycles. The molecule has 0 aliphatic carbocycles. The summed E-state index contributed by atoms with van der Waals surface area (Å²) < 4.78 is 29.7. The molecule has 2 aromatic carbocycles. The number of fused-ring (bicyclic) bond motifs is 1. The van der Waals surface area contributed by atoms with Gasteiger partial charge in [-0.3, -0.25) is 0 Å². The minimum Gasteiger partial charge on any atom is -0.457 e. The van der Waals surface area contributed by atoms with E-state index in [2.05, 4.69) is 5.32 Å². The van der Waals surface area contributed by atoms with Crippen molar-refractivity contribution >= 4 is 0 Å². The first-order chi connectivity index (χ1) is 9.74. The summed E-state index contributed by atoms with van der Waals surface area (Å²) in [6.45, 7) is 0.792. The molecule has 0 saturated heterocycles. The molecule has 0 aromatic heterocycles. The highest BCUT2D eigenvalue weighted by Gasteiger charge is 2.14. The van der Waals surface area contributed by atoms with Gasteiger partial charge in [-0.1, -0.05) is 0 Å². The van der Waals surface area contributed by atoms with Gasteiger partial charge in [-0.25, -0.2) is 4.39 Å². The Morgan fingerprint density at radius 3 is 2.80 bits per heavy atom. The number of benzene rings is 2. The van der Waals surface area contributed by atoms with Gasteiger partial charge in [0.15, 0.2) is 11.5 Å². The Kier molecular flexibility index (Phi) is 3.43. The predicted octanol–water partition coefficient (Wildman–Crippen LogP) is 3.07. The van der Waals surface area contributed by atoms with E-state index < -0.39 is 0 Å². The fraction of sp³-hybridized carbons (Fsp3) is 0.200. The van der Waals surface area contributed by atoms with E-state index in [0.717, 1.165) is 5.56 Å². The fourth-order valence-electron chi connectivity index (χ4n) is 2.06. The lowest BCUT2D eigenvalue weighted by Gasteiger charge is -2.09. The fourth-order valence-corrected chi connectivity index (χ4v) is 2.06. The van der Waals surface area contributed by atoms with Crippen LogP contribution in [0.2, 0.25) is 0 Å². The highest BCUT2D eigenvalue weighted by molar-refractivity contribution is 5.48. The minimum atomic E-state index is -0.325. The minimum absolute atomic E-state index is 0.213. The second-order valence-electron chi connectivity index (χ2n) is 4.44. The lowest BCUT2D eigenvalue weighted by Crippen LogP contribution is -2.05. The third-order valence-electron chi connectivity index (χ3n) is 2.89. The zero-order valence-corrected chi connectivity index (χ0v) is 11.0. The van der Waals surface area contributed by atoms with E-state index >= 15 is 0 Å². The molecule has 5 heteroatoms. The van der Waals surface area contributed by atoms with Crippen molar-refractivity contribution in [2.24, 2.45) is 0 Å². The molecule has 1 aliphatic rings. The molecule has 1 aliphatic heterocycles. The Labute approximate surface area is 116 Å². The van der Waals surface area contributed by atoms with E-state index in [0.29, 0.717) is 29.5 Å². The molecule has 0 spiro atoms. The molecule has 1 heterocycles. The van der Waals surface area contributed by atoms with E-state index in [4.69, 9.17) is 14.2 Å². The Morgan fingerprint density at radius 1 is 1.10 bits per heavy atom. The van der Waals surface area contributed by atoms with Gasteiger partial charge in [-0.2, -0.15) is 0 Å². The van der Waals surface area contributed by atoms with E-state index in [9.17, 15) is 4.39 Å². The first kappa shape index (κ1) is 12.7. The van der Waals surface area contributed by atoms with Crippen LogP contribution in [0.25, 0.3) is 0 Å². The summed E-state index contributed by atoms with van der Waals surface area (Å²) in [4.78, 5) is 0. The van der Waals surface area contributed by atoms with Crippen molar-refractivity contribution in [2.45, 2.75) is 6.54 Å². The smallest absolute Gasteiger partial charge is 0.231 e. The molecule has 104 valence electrons. The highest BCUT2D eigenvalue weighted by atomic mass is 19.1. The maximum Gasteiger partial charge on any atom is 0.231 e. The number of ether oxygens (including phenoxy) is 3. The lowest BCUT2D eigenvalue weighted by atomic mass is 10.2. The van der Waals surface area contributed by atoms with Gasteiger partial charge in [-0.15, -0.1) is 0 Å². The van der Waals surface area contributed by atoms with E-state index in [1.54, 1.807) is 24.3 Å². The molecule has 0 atom stereocenters. The zero-order chi connectivity index (χ0) is 13.9. The molecule has 0 fully saturated rings. The number of nitrogens with one attached hydrogen (secondary N) is 1. The van der Waals surface area contributed by atoms with Gasteiger partial charge < -0.3 is 19.5 Å². The first-order valence-electron chi connectivity index (χ1n) is 6.26. The van der Waals surface area contributed by atoms with Crippen LogP contribution >= 0.6 is 0 Å². The molecule has 4 nitrogen and oxygen atoms in total. The molecule has 20 heavy (non-hydrogen) atoms. The van der Waals surface area contributed by atoms with Crippen molar-refractivity contribution in [1.82, 2.24) is 5.32 Å². The first-order valence-corrected chi connectivity index (χ1v) is 6.26. The standard InChI is InChI=1S/C15H14FNO3/c1-17-8-10-4-11(16)6-13(5-10)20-12-2-3-14-15(7-12)19-9-18-14/h2-7,17H,8-9H2,1H3. The van der Waals surface area contributed by atoms with Crippen LogP contribution in [-0.2, 0) is 6.54 Å². The van der Waals surface area contributed by atoms with Crippen LogP contribution in [0.3, 0.4) is 0 Å². The summed E-state index contributed by atoms with van der Waals surface area (Å²) in [6, 6.07) is 9.88. The second-order valence-corrected chi connectivity index (χ2v) is 4.44. The van der Waals surface area contributed by atoms with Gasteiger partial charge in [0.1, 0.15) is 17.3 Å². The summed E-state index contributed by atoms with van der Waals surface area (Å²) in [5, 5.41) is 2.98. The normalized spacial score (nSPS) is 12.5. The van der Waals surface area contributed by atoms with Crippen LogP contribution in [-0.4, -0.2) is 13.8 Å². The molecule has 2 aromatic rings. The maximum atomic E-state index is 13.5. The van der Waals surface area contributed by atoms with Crippen molar-refractivity contribution in [2.75, 3.05) is 13.8 Å². The number of rotatable bonds is 4. The van der Waals surface area contributed by atoms with Crippen LogP contribution in [0.4, 0.5) is 4.39 Å². The van der Waals surface area contributed by atoms with Gasteiger partial charge in [0.05, 0.1) is 0 Å². The predicted molar refractivity (Wildman–Crippen MR) is 71.8 cm³/mol. The van der Waals surface area contributed by atoms with E-state index in [1.807, 2.05) is 7.05 Å². The van der Waals surface area contributed by atoms with Crippen molar-refractivity contribution in [3.05, 3.63) is 47.8 Å². The third-order valence-corrected chi connectivity index (χ3v) is 2.89. The molecule has 1 N–H and O–H groups in total. The average Bonchev–Trinajstić information content (AvgIpc) is 2.85. The van der Waals surface area contributed by atoms with Gasteiger partial charge in [-0.05, 0) is 36.9 Å². The number of hydrogen-bond donors (Lipinski definition) is 1.